The highest BCUT2D eigenvalue weighted by atomic mass is 16.2. The summed E-state index contributed by atoms with van der Waals surface area (Å²) >= 11 is 0. The van der Waals surface area contributed by atoms with E-state index in [-0.39, 0.29) is 11.4 Å². The Morgan fingerprint density at radius 1 is 0.957 bits per heavy atom. The largest absolute Gasteiger partial charge is 0.337 e. The number of anilines is 1. The van der Waals surface area contributed by atoms with Crippen LogP contribution >= 0.6 is 0 Å². The Balaban J connectivity index is 1.59. The van der Waals surface area contributed by atoms with Crippen molar-refractivity contribution in [3.05, 3.63) is 64.7 Å². The van der Waals surface area contributed by atoms with Crippen molar-refractivity contribution in [2.24, 2.45) is 0 Å². The zero-order valence-electron chi connectivity index (χ0n) is 14.1. The lowest BCUT2D eigenvalue weighted by atomic mass is 9.95. The highest BCUT2D eigenvalue weighted by Crippen LogP contribution is 2.47. The van der Waals surface area contributed by atoms with E-state index >= 15 is 0 Å². The summed E-state index contributed by atoms with van der Waals surface area (Å²) in [5.41, 5.74) is 5.88. The molecule has 3 rings (SSSR count). The van der Waals surface area contributed by atoms with Gasteiger partial charge in [0.15, 0.2) is 0 Å². The molecule has 3 heteroatoms. The fourth-order valence-electron chi connectivity index (χ4n) is 3.10. The minimum absolute atomic E-state index is 0.131. The molecule has 0 bridgehead atoms. The first-order chi connectivity index (χ1) is 11.0. The smallest absolute Gasteiger partial charge is 0.319 e. The molecule has 2 amide bonds. The van der Waals surface area contributed by atoms with Crippen LogP contribution in [0.25, 0.3) is 0 Å². The van der Waals surface area contributed by atoms with Crippen molar-refractivity contribution < 1.29 is 4.79 Å². The lowest BCUT2D eigenvalue weighted by molar-refractivity contribution is 0.251. The number of rotatable bonds is 4. The topological polar surface area (TPSA) is 41.1 Å². The third-order valence-corrected chi connectivity index (χ3v) is 4.58. The van der Waals surface area contributed by atoms with E-state index in [1.165, 1.54) is 11.1 Å². The van der Waals surface area contributed by atoms with Crippen molar-refractivity contribution in [1.82, 2.24) is 5.32 Å². The Labute approximate surface area is 138 Å². The van der Waals surface area contributed by atoms with E-state index in [0.717, 1.165) is 29.7 Å². The van der Waals surface area contributed by atoms with Crippen molar-refractivity contribution >= 4 is 11.7 Å². The van der Waals surface area contributed by atoms with Gasteiger partial charge < -0.3 is 10.6 Å². The molecule has 0 atom stereocenters. The van der Waals surface area contributed by atoms with Gasteiger partial charge in [-0.25, -0.2) is 4.79 Å². The first-order valence-electron chi connectivity index (χ1n) is 8.17. The lowest BCUT2D eigenvalue weighted by Gasteiger charge is -2.17. The summed E-state index contributed by atoms with van der Waals surface area (Å²) in [5.74, 6) is 0. The molecule has 2 N–H and O–H groups in total. The van der Waals surface area contributed by atoms with Gasteiger partial charge in [-0.1, -0.05) is 35.9 Å². The van der Waals surface area contributed by atoms with Gasteiger partial charge in [0.25, 0.3) is 0 Å². The minimum atomic E-state index is -0.131. The van der Waals surface area contributed by atoms with Crippen molar-refractivity contribution in [3.8, 4) is 0 Å². The van der Waals surface area contributed by atoms with Crippen molar-refractivity contribution in [2.45, 2.75) is 39.0 Å². The molecule has 1 saturated carbocycles. The van der Waals surface area contributed by atoms with Gasteiger partial charge >= 0.3 is 6.03 Å². The van der Waals surface area contributed by atoms with Crippen LogP contribution in [0.15, 0.2) is 42.5 Å². The van der Waals surface area contributed by atoms with Gasteiger partial charge in [-0.2, -0.15) is 0 Å². The Morgan fingerprint density at radius 2 is 1.57 bits per heavy atom. The van der Waals surface area contributed by atoms with Crippen LogP contribution in [0.4, 0.5) is 10.5 Å². The quantitative estimate of drug-likeness (QED) is 0.860. The average molecular weight is 308 g/mol. The number of carbonyl (C=O) groups is 1. The maximum absolute atomic E-state index is 12.2. The summed E-state index contributed by atoms with van der Waals surface area (Å²) in [7, 11) is 0. The van der Waals surface area contributed by atoms with E-state index in [0.29, 0.717) is 6.54 Å². The number of hydrogen-bond acceptors (Lipinski definition) is 1. The molecule has 0 spiro atoms. The molecule has 120 valence electrons. The fourth-order valence-corrected chi connectivity index (χ4v) is 3.10. The maximum Gasteiger partial charge on any atom is 0.319 e. The molecule has 0 saturated heterocycles. The van der Waals surface area contributed by atoms with Gasteiger partial charge in [-0.15, -0.1) is 0 Å². The van der Waals surface area contributed by atoms with E-state index < -0.39 is 0 Å². The minimum Gasteiger partial charge on any atom is -0.337 e. The van der Waals surface area contributed by atoms with Crippen LogP contribution in [0.3, 0.4) is 0 Å². The molecule has 0 aromatic heterocycles. The molecule has 3 nitrogen and oxygen atoms in total. The first kappa shape index (κ1) is 15.6. The summed E-state index contributed by atoms with van der Waals surface area (Å²) in [6.07, 6.45) is 2.28. The van der Waals surface area contributed by atoms with Crippen LogP contribution < -0.4 is 10.6 Å². The third-order valence-electron chi connectivity index (χ3n) is 4.58. The van der Waals surface area contributed by atoms with E-state index in [4.69, 9.17) is 0 Å². The van der Waals surface area contributed by atoms with Crippen LogP contribution in [0.1, 0.15) is 35.1 Å². The van der Waals surface area contributed by atoms with Gasteiger partial charge in [0.05, 0.1) is 0 Å². The van der Waals surface area contributed by atoms with Gasteiger partial charge in [0.2, 0.25) is 0 Å². The number of urea groups is 1. The van der Waals surface area contributed by atoms with Gasteiger partial charge in [0, 0.05) is 17.6 Å². The zero-order valence-corrected chi connectivity index (χ0v) is 14.1. The monoisotopic (exact) mass is 308 g/mol. The number of benzene rings is 2. The Kier molecular flexibility index (Phi) is 4.12. The van der Waals surface area contributed by atoms with Crippen LogP contribution in [-0.2, 0) is 5.41 Å². The normalized spacial score (nSPS) is 15.1. The van der Waals surface area contributed by atoms with Crippen LogP contribution in [0.2, 0.25) is 0 Å². The average Bonchev–Trinajstić information content (AvgIpc) is 3.26. The number of hydrogen-bond donors (Lipinski definition) is 2. The molecule has 0 radical (unpaired) electrons. The second kappa shape index (κ2) is 6.07. The maximum atomic E-state index is 12.2. The molecule has 2 aromatic carbocycles. The SMILES string of the molecule is Cc1ccc(C2(CNC(=O)Nc3cc(C)cc(C)c3)CC2)cc1. The molecule has 0 unspecified atom stereocenters. The molecule has 1 aliphatic carbocycles. The molecule has 2 aromatic rings. The highest BCUT2D eigenvalue weighted by molar-refractivity contribution is 5.89. The molecule has 0 heterocycles. The third kappa shape index (κ3) is 3.73. The molecule has 1 fully saturated rings. The fraction of sp³-hybridized carbons (Fsp3) is 0.350. The number of amides is 2. The van der Waals surface area contributed by atoms with Crippen molar-refractivity contribution in [1.29, 1.82) is 0 Å². The van der Waals surface area contributed by atoms with Gasteiger partial charge in [0.1, 0.15) is 0 Å². The summed E-state index contributed by atoms with van der Waals surface area (Å²) in [6, 6.07) is 14.6. The van der Waals surface area contributed by atoms with Crippen molar-refractivity contribution in [3.63, 3.8) is 0 Å². The second-order valence-corrected chi connectivity index (χ2v) is 6.83. The summed E-state index contributed by atoms with van der Waals surface area (Å²) in [6.45, 7) is 6.85. The Hall–Kier alpha value is -2.29. The molecular formula is C20H24N2O. The highest BCUT2D eigenvalue weighted by Gasteiger charge is 2.44. The van der Waals surface area contributed by atoms with Gasteiger partial charge in [-0.3, -0.25) is 0 Å². The number of nitrogens with one attached hydrogen (secondary N) is 2. The zero-order chi connectivity index (χ0) is 16.4. The molecule has 0 aliphatic heterocycles. The van der Waals surface area contributed by atoms with E-state index in [1.54, 1.807) is 0 Å². The van der Waals surface area contributed by atoms with E-state index in [9.17, 15) is 4.79 Å². The van der Waals surface area contributed by atoms with E-state index in [2.05, 4.69) is 47.9 Å². The predicted octanol–water partition coefficient (Wildman–Crippen LogP) is 4.47. The van der Waals surface area contributed by atoms with Gasteiger partial charge in [-0.05, 0) is 62.4 Å². The lowest BCUT2D eigenvalue weighted by Crippen LogP contribution is -2.35. The molecular weight excluding hydrogens is 284 g/mol. The van der Waals surface area contributed by atoms with Crippen LogP contribution in [0.5, 0.6) is 0 Å². The molecule has 1 aliphatic rings. The Morgan fingerprint density at radius 3 is 2.13 bits per heavy atom. The van der Waals surface area contributed by atoms with Crippen molar-refractivity contribution in [2.75, 3.05) is 11.9 Å². The first-order valence-corrected chi connectivity index (χ1v) is 8.17. The predicted molar refractivity (Wildman–Crippen MR) is 95.0 cm³/mol. The molecule has 23 heavy (non-hydrogen) atoms. The standard InChI is InChI=1S/C20H24N2O/c1-14-4-6-17(7-5-14)20(8-9-20)13-21-19(23)22-18-11-15(2)10-16(3)12-18/h4-7,10-12H,8-9,13H2,1-3H3,(H2,21,22,23). The van der Waals surface area contributed by atoms with E-state index in [1.807, 2.05) is 26.0 Å². The number of carbonyl (C=O) groups excluding carboxylic acids is 1. The summed E-state index contributed by atoms with van der Waals surface area (Å²) < 4.78 is 0. The Bertz CT molecular complexity index is 695. The number of aryl methyl sites for hydroxylation is 3. The second-order valence-electron chi connectivity index (χ2n) is 6.83. The van der Waals surface area contributed by atoms with Crippen LogP contribution in [0, 0.1) is 20.8 Å². The summed E-state index contributed by atoms with van der Waals surface area (Å²) in [4.78, 5) is 12.2. The van der Waals surface area contributed by atoms with Crippen LogP contribution in [-0.4, -0.2) is 12.6 Å². The summed E-state index contributed by atoms with van der Waals surface area (Å²) in [5, 5.41) is 5.97.